The summed E-state index contributed by atoms with van der Waals surface area (Å²) in [6, 6.07) is 11.9. The van der Waals surface area contributed by atoms with Gasteiger partial charge in [0.25, 0.3) is 5.91 Å². The zero-order valence-electron chi connectivity index (χ0n) is 15.1. The van der Waals surface area contributed by atoms with Crippen LogP contribution in [0.5, 0.6) is 0 Å². The minimum Gasteiger partial charge on any atom is -0.379 e. The van der Waals surface area contributed by atoms with Crippen LogP contribution in [0.25, 0.3) is 0 Å². The zero-order chi connectivity index (χ0) is 20.0. The Kier molecular flexibility index (Phi) is 6.43. The number of carbonyl (C=O) groups excluding carboxylic acids is 1. The lowest BCUT2D eigenvalue weighted by molar-refractivity contribution is -0.137. The average Bonchev–Trinajstić information content (AvgIpc) is 2.69. The molecule has 1 aliphatic heterocycles. The molecule has 1 heterocycles. The minimum atomic E-state index is -4.42. The van der Waals surface area contributed by atoms with Crippen LogP contribution in [-0.2, 0) is 17.5 Å². The molecule has 0 unspecified atom stereocenters. The Bertz CT molecular complexity index is 829. The number of amides is 1. The van der Waals surface area contributed by atoms with Crippen LogP contribution in [0.15, 0.2) is 53.6 Å². The van der Waals surface area contributed by atoms with Crippen molar-refractivity contribution in [1.29, 1.82) is 0 Å². The number of morpholine rings is 1. The summed E-state index contributed by atoms with van der Waals surface area (Å²) in [5, 5.41) is 3.74. The van der Waals surface area contributed by atoms with E-state index < -0.39 is 17.6 Å². The third-order valence-corrected chi connectivity index (χ3v) is 4.32. The lowest BCUT2D eigenvalue weighted by atomic mass is 10.1. The molecule has 1 amide bonds. The van der Waals surface area contributed by atoms with Gasteiger partial charge in [0, 0.05) is 25.2 Å². The summed E-state index contributed by atoms with van der Waals surface area (Å²) in [6.07, 6.45) is -3.24. The van der Waals surface area contributed by atoms with Crippen LogP contribution in [0, 0.1) is 0 Å². The van der Waals surface area contributed by atoms with Gasteiger partial charge in [0.2, 0.25) is 0 Å². The van der Waals surface area contributed by atoms with Gasteiger partial charge in [-0.1, -0.05) is 24.3 Å². The van der Waals surface area contributed by atoms with Gasteiger partial charge in [0.15, 0.2) is 0 Å². The van der Waals surface area contributed by atoms with E-state index in [4.69, 9.17) is 4.74 Å². The van der Waals surface area contributed by atoms with Crippen molar-refractivity contribution >= 4 is 12.1 Å². The lowest BCUT2D eigenvalue weighted by Crippen LogP contribution is -2.35. The Morgan fingerprint density at radius 1 is 1.14 bits per heavy atom. The maximum atomic E-state index is 12.7. The minimum absolute atomic E-state index is 0.246. The second-order valence-corrected chi connectivity index (χ2v) is 6.41. The van der Waals surface area contributed by atoms with Crippen molar-refractivity contribution < 1.29 is 22.7 Å². The van der Waals surface area contributed by atoms with Gasteiger partial charge in [0.05, 0.1) is 25.0 Å². The second-order valence-electron chi connectivity index (χ2n) is 6.41. The molecule has 3 rings (SSSR count). The van der Waals surface area contributed by atoms with Crippen LogP contribution in [-0.4, -0.2) is 43.3 Å². The van der Waals surface area contributed by atoms with Gasteiger partial charge < -0.3 is 4.74 Å². The Labute approximate surface area is 160 Å². The number of rotatable bonds is 5. The topological polar surface area (TPSA) is 53.9 Å². The molecule has 0 spiro atoms. The van der Waals surface area contributed by atoms with E-state index in [9.17, 15) is 18.0 Å². The van der Waals surface area contributed by atoms with Gasteiger partial charge in [0.1, 0.15) is 0 Å². The number of hydrazone groups is 1. The van der Waals surface area contributed by atoms with Gasteiger partial charge in [-0.2, -0.15) is 18.3 Å². The first kappa shape index (κ1) is 20.0. The Morgan fingerprint density at radius 2 is 1.86 bits per heavy atom. The number of ether oxygens (including phenoxy) is 1. The molecule has 1 aliphatic rings. The van der Waals surface area contributed by atoms with E-state index in [1.165, 1.54) is 18.3 Å². The molecule has 5 nitrogen and oxygen atoms in total. The molecular formula is C20H20F3N3O2. The van der Waals surface area contributed by atoms with E-state index >= 15 is 0 Å². The van der Waals surface area contributed by atoms with Gasteiger partial charge in [-0.05, 0) is 35.4 Å². The van der Waals surface area contributed by atoms with Crippen molar-refractivity contribution in [2.75, 3.05) is 26.3 Å². The smallest absolute Gasteiger partial charge is 0.379 e. The van der Waals surface area contributed by atoms with Crippen molar-refractivity contribution in [3.8, 4) is 0 Å². The normalized spacial score (nSPS) is 15.7. The molecule has 0 bridgehead atoms. The largest absolute Gasteiger partial charge is 0.416 e. The molecule has 1 fully saturated rings. The van der Waals surface area contributed by atoms with E-state index in [0.29, 0.717) is 5.56 Å². The third kappa shape index (κ3) is 5.64. The molecule has 1 N–H and O–H groups in total. The highest BCUT2D eigenvalue weighted by molar-refractivity contribution is 5.94. The van der Waals surface area contributed by atoms with Gasteiger partial charge in [-0.15, -0.1) is 0 Å². The number of halogens is 3. The van der Waals surface area contributed by atoms with Crippen LogP contribution >= 0.6 is 0 Å². The van der Waals surface area contributed by atoms with Gasteiger partial charge in [-0.3, -0.25) is 9.69 Å². The maximum absolute atomic E-state index is 12.7. The van der Waals surface area contributed by atoms with E-state index in [1.54, 1.807) is 12.1 Å². The summed E-state index contributed by atoms with van der Waals surface area (Å²) in [6.45, 7) is 4.01. The first-order chi connectivity index (χ1) is 13.4. The molecule has 148 valence electrons. The summed E-state index contributed by atoms with van der Waals surface area (Å²) in [7, 11) is 0. The number of alkyl halides is 3. The number of nitrogens with zero attached hydrogens (tertiary/aromatic N) is 2. The fourth-order valence-electron chi connectivity index (χ4n) is 2.80. The van der Waals surface area contributed by atoms with Crippen molar-refractivity contribution in [3.05, 3.63) is 70.8 Å². The maximum Gasteiger partial charge on any atom is 0.416 e. The Balaban J connectivity index is 1.55. The summed E-state index contributed by atoms with van der Waals surface area (Å²) >= 11 is 0. The highest BCUT2D eigenvalue weighted by Gasteiger charge is 2.30. The quantitative estimate of drug-likeness (QED) is 0.629. The van der Waals surface area contributed by atoms with Crippen molar-refractivity contribution in [1.82, 2.24) is 10.3 Å². The molecular weight excluding hydrogens is 371 g/mol. The molecule has 0 atom stereocenters. The lowest BCUT2D eigenvalue weighted by Gasteiger charge is -2.26. The molecule has 2 aromatic carbocycles. The molecule has 0 aromatic heterocycles. The number of carbonyl (C=O) groups is 1. The third-order valence-electron chi connectivity index (χ3n) is 4.32. The van der Waals surface area contributed by atoms with E-state index in [2.05, 4.69) is 15.4 Å². The fraction of sp³-hybridized carbons (Fsp3) is 0.300. The molecule has 1 saturated heterocycles. The molecule has 28 heavy (non-hydrogen) atoms. The average molecular weight is 391 g/mol. The van der Waals surface area contributed by atoms with Crippen LogP contribution < -0.4 is 5.43 Å². The van der Waals surface area contributed by atoms with E-state index in [0.717, 1.165) is 50.5 Å². The van der Waals surface area contributed by atoms with Crippen LogP contribution in [0.3, 0.4) is 0 Å². The predicted octanol–water partition coefficient (Wildman–Crippen LogP) is 3.30. The van der Waals surface area contributed by atoms with E-state index in [1.807, 2.05) is 12.1 Å². The standard InChI is InChI=1S/C20H20F3N3O2/c21-20(22,23)18-3-1-2-16(12-18)13-24-25-19(27)17-6-4-15(5-7-17)14-26-8-10-28-11-9-26/h1-7,12-13H,8-11,14H2,(H,25,27)/b24-13+. The summed E-state index contributed by atoms with van der Waals surface area (Å²) in [4.78, 5) is 14.4. The molecule has 2 aromatic rings. The molecule has 0 aliphatic carbocycles. The van der Waals surface area contributed by atoms with E-state index in [-0.39, 0.29) is 5.56 Å². The fourth-order valence-corrected chi connectivity index (χ4v) is 2.80. The molecule has 0 radical (unpaired) electrons. The highest BCUT2D eigenvalue weighted by atomic mass is 19.4. The Morgan fingerprint density at radius 3 is 2.54 bits per heavy atom. The first-order valence-electron chi connectivity index (χ1n) is 8.81. The predicted molar refractivity (Wildman–Crippen MR) is 99.0 cm³/mol. The highest BCUT2D eigenvalue weighted by Crippen LogP contribution is 2.29. The molecule has 0 saturated carbocycles. The zero-order valence-corrected chi connectivity index (χ0v) is 15.1. The first-order valence-corrected chi connectivity index (χ1v) is 8.81. The molecule has 8 heteroatoms. The van der Waals surface area contributed by atoms with Crippen molar-refractivity contribution in [2.45, 2.75) is 12.7 Å². The number of nitrogens with one attached hydrogen (secondary N) is 1. The number of hydrogen-bond donors (Lipinski definition) is 1. The van der Waals surface area contributed by atoms with Gasteiger partial charge in [-0.25, -0.2) is 5.43 Å². The number of benzene rings is 2. The van der Waals surface area contributed by atoms with Crippen molar-refractivity contribution in [2.24, 2.45) is 5.10 Å². The SMILES string of the molecule is O=C(N/N=C/c1cccc(C(F)(F)F)c1)c1ccc(CN2CCOCC2)cc1. The van der Waals surface area contributed by atoms with Crippen LogP contribution in [0.4, 0.5) is 13.2 Å². The van der Waals surface area contributed by atoms with Crippen LogP contribution in [0.1, 0.15) is 27.0 Å². The monoisotopic (exact) mass is 391 g/mol. The van der Waals surface area contributed by atoms with Crippen molar-refractivity contribution in [3.63, 3.8) is 0 Å². The van der Waals surface area contributed by atoms with Crippen LogP contribution in [0.2, 0.25) is 0 Å². The summed E-state index contributed by atoms with van der Waals surface area (Å²) in [5.41, 5.74) is 3.32. The summed E-state index contributed by atoms with van der Waals surface area (Å²) in [5.74, 6) is -0.429. The number of hydrogen-bond acceptors (Lipinski definition) is 4. The van der Waals surface area contributed by atoms with Gasteiger partial charge >= 0.3 is 6.18 Å². The summed E-state index contributed by atoms with van der Waals surface area (Å²) < 4.78 is 43.4. The second kappa shape index (κ2) is 8.99. The Hall–Kier alpha value is -2.71.